The standard InChI is InChI=1S/C48H34N6/c1-51-46(35-12-9-15-37(30-35)54-44-21-8-5-16-39(44)41-18-10-28-49-47(41)54)50-52-29-11-19-38(48(51)52)33-24-22-32(23-25-33)34-26-27-45-42(31-34)40-17-6-7-20-43(40)53(45)36-13-3-2-4-14-36/h2-31,48H,1H3. The lowest BCUT2D eigenvalue weighted by atomic mass is 9.96. The summed E-state index contributed by atoms with van der Waals surface area (Å²) in [5.74, 6) is 0.924. The second-order valence-corrected chi connectivity index (χ2v) is 14.0. The Balaban J connectivity index is 0.909. The van der Waals surface area contributed by atoms with Crippen LogP contribution in [0.4, 0.5) is 0 Å². The maximum Gasteiger partial charge on any atom is 0.158 e. The van der Waals surface area contributed by atoms with E-state index < -0.39 is 0 Å². The van der Waals surface area contributed by atoms with E-state index in [1.54, 1.807) is 0 Å². The summed E-state index contributed by atoms with van der Waals surface area (Å²) in [6.45, 7) is 0. The molecule has 2 aliphatic rings. The number of rotatable bonds is 5. The zero-order chi connectivity index (χ0) is 35.8. The maximum atomic E-state index is 5.15. The van der Waals surface area contributed by atoms with E-state index in [-0.39, 0.29) is 6.17 Å². The summed E-state index contributed by atoms with van der Waals surface area (Å²) in [5.41, 5.74) is 12.6. The predicted molar refractivity (Wildman–Crippen MR) is 222 cm³/mol. The average Bonchev–Trinajstić information content (AvgIpc) is 3.88. The first kappa shape index (κ1) is 30.4. The van der Waals surface area contributed by atoms with Gasteiger partial charge in [-0.15, -0.1) is 0 Å². The van der Waals surface area contributed by atoms with Crippen molar-refractivity contribution in [2.24, 2.45) is 5.10 Å². The van der Waals surface area contributed by atoms with Gasteiger partial charge in [-0.1, -0.05) is 103 Å². The molecule has 2 aliphatic heterocycles. The molecule has 0 spiro atoms. The third-order valence-electron chi connectivity index (χ3n) is 11.0. The number of hydrogen-bond acceptors (Lipinski definition) is 4. The summed E-state index contributed by atoms with van der Waals surface area (Å²) < 4.78 is 4.61. The van der Waals surface area contributed by atoms with Gasteiger partial charge < -0.3 is 9.47 Å². The Labute approximate surface area is 312 Å². The van der Waals surface area contributed by atoms with Gasteiger partial charge in [0.15, 0.2) is 12.0 Å². The number of pyridine rings is 1. The second-order valence-electron chi connectivity index (χ2n) is 14.0. The lowest BCUT2D eigenvalue weighted by Crippen LogP contribution is -2.39. The molecule has 0 saturated heterocycles. The van der Waals surface area contributed by atoms with Gasteiger partial charge in [0.1, 0.15) is 5.65 Å². The van der Waals surface area contributed by atoms with Crippen LogP contribution in [0.3, 0.4) is 0 Å². The lowest BCUT2D eigenvalue weighted by Gasteiger charge is -2.31. The van der Waals surface area contributed by atoms with Crippen LogP contribution in [0.1, 0.15) is 11.1 Å². The molecule has 0 amide bonds. The van der Waals surface area contributed by atoms with E-state index in [4.69, 9.17) is 10.1 Å². The molecular formula is C48H34N6. The van der Waals surface area contributed by atoms with E-state index in [1.807, 2.05) is 12.3 Å². The third kappa shape index (κ3) is 4.60. The number of allylic oxidation sites excluding steroid dienone is 2. The van der Waals surface area contributed by atoms with Crippen LogP contribution in [-0.2, 0) is 0 Å². The summed E-state index contributed by atoms with van der Waals surface area (Å²) in [6.07, 6.45) is 8.18. The fourth-order valence-electron chi connectivity index (χ4n) is 8.53. The number of amidine groups is 1. The highest BCUT2D eigenvalue weighted by molar-refractivity contribution is 6.11. The van der Waals surface area contributed by atoms with Crippen molar-refractivity contribution in [2.45, 2.75) is 6.17 Å². The molecule has 256 valence electrons. The van der Waals surface area contributed by atoms with E-state index >= 15 is 0 Å². The molecular weight excluding hydrogens is 661 g/mol. The Morgan fingerprint density at radius 2 is 1.17 bits per heavy atom. The first-order valence-electron chi connectivity index (χ1n) is 18.3. The van der Waals surface area contributed by atoms with Crippen LogP contribution < -0.4 is 0 Å². The summed E-state index contributed by atoms with van der Waals surface area (Å²) in [7, 11) is 2.14. The third-order valence-corrected chi connectivity index (χ3v) is 11.0. The highest BCUT2D eigenvalue weighted by atomic mass is 15.6. The Kier molecular flexibility index (Phi) is 6.73. The molecule has 0 radical (unpaired) electrons. The quantitative estimate of drug-likeness (QED) is 0.180. The maximum absolute atomic E-state index is 5.15. The van der Waals surface area contributed by atoms with Crippen molar-refractivity contribution in [3.63, 3.8) is 0 Å². The number of nitrogens with zero attached hydrogens (tertiary/aromatic N) is 6. The van der Waals surface area contributed by atoms with E-state index in [0.717, 1.165) is 33.6 Å². The van der Waals surface area contributed by atoms with Crippen LogP contribution in [0.5, 0.6) is 0 Å². The Morgan fingerprint density at radius 3 is 2.00 bits per heavy atom. The van der Waals surface area contributed by atoms with Crippen molar-refractivity contribution < 1.29 is 0 Å². The number of hydrazone groups is 1. The number of benzene rings is 6. The van der Waals surface area contributed by atoms with Gasteiger partial charge in [-0.2, -0.15) is 5.10 Å². The van der Waals surface area contributed by atoms with Gasteiger partial charge >= 0.3 is 0 Å². The highest BCUT2D eigenvalue weighted by Crippen LogP contribution is 2.38. The molecule has 1 unspecified atom stereocenters. The highest BCUT2D eigenvalue weighted by Gasteiger charge is 2.35. The van der Waals surface area contributed by atoms with Crippen LogP contribution in [0.15, 0.2) is 187 Å². The smallest absolute Gasteiger partial charge is 0.158 e. The Hall–Kier alpha value is -7.18. The van der Waals surface area contributed by atoms with Crippen LogP contribution in [-0.4, -0.2) is 43.1 Å². The van der Waals surface area contributed by atoms with Gasteiger partial charge in [0.2, 0.25) is 0 Å². The number of aromatic nitrogens is 3. The van der Waals surface area contributed by atoms with Gasteiger partial charge in [-0.05, 0) is 83.4 Å². The summed E-state index contributed by atoms with van der Waals surface area (Å²) in [6, 6.07) is 56.4. The SMILES string of the molecule is CN1C(c2cccc(-n3c4ccccc4c4cccnc43)c2)=NN2C=CC=C(c3ccc(-c4ccc5c(c4)c4ccccc4n5-c4ccccc4)cc3)C21. The van der Waals surface area contributed by atoms with Gasteiger partial charge in [0.25, 0.3) is 0 Å². The second kappa shape index (κ2) is 11.9. The summed E-state index contributed by atoms with van der Waals surface area (Å²) in [4.78, 5) is 7.08. The largest absolute Gasteiger partial charge is 0.332 e. The zero-order valence-corrected chi connectivity index (χ0v) is 29.6. The van der Waals surface area contributed by atoms with Gasteiger partial charge in [0, 0.05) is 63.5 Å². The van der Waals surface area contributed by atoms with Gasteiger partial charge in [0.05, 0.1) is 16.6 Å². The molecule has 0 fully saturated rings. The lowest BCUT2D eigenvalue weighted by molar-refractivity contribution is 0.262. The molecule has 3 aromatic heterocycles. The minimum Gasteiger partial charge on any atom is -0.332 e. The molecule has 0 aliphatic carbocycles. The normalized spacial score (nSPS) is 15.4. The van der Waals surface area contributed by atoms with Crippen molar-refractivity contribution in [2.75, 3.05) is 7.05 Å². The molecule has 9 aromatic rings. The molecule has 5 heterocycles. The fraction of sp³-hybridized carbons (Fsp3) is 0.0417. The number of likely N-dealkylation sites (N-methyl/N-ethyl adjacent to an activating group) is 1. The van der Waals surface area contributed by atoms with Crippen molar-refractivity contribution in [1.29, 1.82) is 0 Å². The van der Waals surface area contributed by atoms with Crippen LogP contribution in [0.2, 0.25) is 0 Å². The minimum atomic E-state index is -0.0603. The van der Waals surface area contributed by atoms with Gasteiger partial charge in [-0.25, -0.2) is 9.99 Å². The predicted octanol–water partition coefficient (Wildman–Crippen LogP) is 10.8. The molecule has 6 aromatic carbocycles. The van der Waals surface area contributed by atoms with E-state index in [1.165, 1.54) is 55.1 Å². The van der Waals surface area contributed by atoms with E-state index in [9.17, 15) is 0 Å². The molecule has 0 saturated carbocycles. The van der Waals surface area contributed by atoms with Crippen molar-refractivity contribution in [3.05, 3.63) is 193 Å². The summed E-state index contributed by atoms with van der Waals surface area (Å²) in [5, 5.41) is 12.1. The molecule has 1 atom stereocenters. The minimum absolute atomic E-state index is 0.0603. The molecule has 0 bridgehead atoms. The number of para-hydroxylation sites is 3. The number of fused-ring (bicyclic) bond motifs is 7. The molecule has 54 heavy (non-hydrogen) atoms. The van der Waals surface area contributed by atoms with E-state index in [2.05, 4.69) is 196 Å². The van der Waals surface area contributed by atoms with Crippen molar-refractivity contribution >= 4 is 55.2 Å². The molecule has 6 heteroatoms. The van der Waals surface area contributed by atoms with Crippen LogP contribution >= 0.6 is 0 Å². The fourth-order valence-corrected chi connectivity index (χ4v) is 8.53. The topological polar surface area (TPSA) is 41.6 Å². The monoisotopic (exact) mass is 694 g/mol. The average molecular weight is 695 g/mol. The summed E-state index contributed by atoms with van der Waals surface area (Å²) >= 11 is 0. The first-order valence-corrected chi connectivity index (χ1v) is 18.3. The van der Waals surface area contributed by atoms with Crippen LogP contribution in [0, 0.1) is 0 Å². The molecule has 11 rings (SSSR count). The Morgan fingerprint density at radius 1 is 0.500 bits per heavy atom. The van der Waals surface area contributed by atoms with Crippen LogP contribution in [0.25, 0.3) is 71.8 Å². The first-order chi connectivity index (χ1) is 26.7. The van der Waals surface area contributed by atoms with Gasteiger partial charge in [-0.3, -0.25) is 4.57 Å². The molecule has 0 N–H and O–H groups in total. The van der Waals surface area contributed by atoms with Crippen molar-refractivity contribution in [3.8, 4) is 22.5 Å². The van der Waals surface area contributed by atoms with Crippen molar-refractivity contribution in [1.82, 2.24) is 24.0 Å². The van der Waals surface area contributed by atoms with E-state index in [0.29, 0.717) is 0 Å². The molecule has 6 nitrogen and oxygen atoms in total. The Bertz CT molecular complexity index is 2970. The number of hydrogen-bond donors (Lipinski definition) is 0. The zero-order valence-electron chi connectivity index (χ0n) is 29.6.